The normalized spacial score (nSPS) is 10.8. The molecule has 4 aromatic rings. The molecule has 28 heavy (non-hydrogen) atoms. The van der Waals surface area contributed by atoms with Crippen molar-refractivity contribution < 1.29 is 4.74 Å². The molecule has 0 atom stereocenters. The lowest BCUT2D eigenvalue weighted by Gasteiger charge is -2.12. The summed E-state index contributed by atoms with van der Waals surface area (Å²) in [7, 11) is 1.68. The average Bonchev–Trinajstić information content (AvgIpc) is 3.17. The van der Waals surface area contributed by atoms with Gasteiger partial charge in [-0.05, 0) is 36.8 Å². The number of hydrogen-bond donors (Lipinski definition) is 0. The van der Waals surface area contributed by atoms with E-state index in [2.05, 4.69) is 70.2 Å². The maximum Gasteiger partial charge on any atom is 0.196 e. The molecule has 1 aromatic heterocycles. The fourth-order valence-electron chi connectivity index (χ4n) is 3.02. The van der Waals surface area contributed by atoms with E-state index in [0.29, 0.717) is 0 Å². The zero-order valence-corrected chi connectivity index (χ0v) is 16.7. The number of nitrogens with zero attached hydrogens (tertiary/aromatic N) is 3. The molecule has 4 nitrogen and oxygen atoms in total. The van der Waals surface area contributed by atoms with Gasteiger partial charge in [-0.2, -0.15) is 0 Å². The third kappa shape index (κ3) is 3.80. The Kier molecular flexibility index (Phi) is 5.44. The Morgan fingerprint density at radius 2 is 1.57 bits per heavy atom. The fourth-order valence-corrected chi connectivity index (χ4v) is 3.92. The van der Waals surface area contributed by atoms with Crippen molar-refractivity contribution in [3.05, 3.63) is 90.0 Å². The lowest BCUT2D eigenvalue weighted by atomic mass is 10.1. The van der Waals surface area contributed by atoms with E-state index in [4.69, 9.17) is 4.74 Å². The van der Waals surface area contributed by atoms with E-state index in [-0.39, 0.29) is 0 Å². The highest BCUT2D eigenvalue weighted by molar-refractivity contribution is 7.98. The molecule has 0 amide bonds. The van der Waals surface area contributed by atoms with Crippen molar-refractivity contribution in [3.63, 3.8) is 0 Å². The molecule has 0 saturated carbocycles. The van der Waals surface area contributed by atoms with Gasteiger partial charge in [-0.15, -0.1) is 10.2 Å². The highest BCUT2D eigenvalue weighted by Crippen LogP contribution is 2.34. The zero-order valence-electron chi connectivity index (χ0n) is 15.9. The summed E-state index contributed by atoms with van der Waals surface area (Å²) in [5, 5.41) is 9.88. The number of thioether (sulfide) groups is 1. The Morgan fingerprint density at radius 3 is 2.32 bits per heavy atom. The minimum absolute atomic E-state index is 0.775. The van der Waals surface area contributed by atoms with E-state index in [0.717, 1.165) is 33.7 Å². The molecule has 3 aromatic carbocycles. The van der Waals surface area contributed by atoms with Crippen molar-refractivity contribution in [2.24, 2.45) is 0 Å². The predicted octanol–water partition coefficient (Wildman–Crippen LogP) is 5.54. The van der Waals surface area contributed by atoms with Crippen molar-refractivity contribution >= 4 is 11.8 Å². The number of para-hydroxylation sites is 1. The summed E-state index contributed by atoms with van der Waals surface area (Å²) >= 11 is 1.68. The summed E-state index contributed by atoms with van der Waals surface area (Å²) in [6, 6.07) is 26.7. The lowest BCUT2D eigenvalue weighted by Crippen LogP contribution is -2.01. The molecule has 0 aliphatic carbocycles. The van der Waals surface area contributed by atoms with Gasteiger partial charge in [-0.1, -0.05) is 71.9 Å². The smallest absolute Gasteiger partial charge is 0.196 e. The van der Waals surface area contributed by atoms with Gasteiger partial charge >= 0.3 is 0 Å². The second-order valence-electron chi connectivity index (χ2n) is 6.45. The summed E-state index contributed by atoms with van der Waals surface area (Å²) in [5.41, 5.74) is 4.43. The summed E-state index contributed by atoms with van der Waals surface area (Å²) < 4.78 is 7.66. The van der Waals surface area contributed by atoms with Crippen LogP contribution in [0.25, 0.3) is 17.1 Å². The second-order valence-corrected chi connectivity index (χ2v) is 7.39. The molecule has 4 rings (SSSR count). The second kappa shape index (κ2) is 8.31. The Balaban J connectivity index is 1.78. The Bertz CT molecular complexity index is 1060. The molecule has 140 valence electrons. The minimum Gasteiger partial charge on any atom is -0.496 e. The van der Waals surface area contributed by atoms with Crippen LogP contribution in [0.4, 0.5) is 0 Å². The molecular weight excluding hydrogens is 366 g/mol. The molecular formula is C23H21N3OS. The van der Waals surface area contributed by atoms with Gasteiger partial charge in [0.25, 0.3) is 0 Å². The quantitative estimate of drug-likeness (QED) is 0.407. The first-order chi connectivity index (χ1) is 13.8. The van der Waals surface area contributed by atoms with E-state index in [9.17, 15) is 0 Å². The van der Waals surface area contributed by atoms with E-state index in [1.165, 1.54) is 11.1 Å². The van der Waals surface area contributed by atoms with Crippen LogP contribution in [0, 0.1) is 6.92 Å². The van der Waals surface area contributed by atoms with Crippen molar-refractivity contribution in [2.45, 2.75) is 17.8 Å². The largest absolute Gasteiger partial charge is 0.496 e. The summed E-state index contributed by atoms with van der Waals surface area (Å²) in [5.74, 6) is 2.39. The fraction of sp³-hybridized carbons (Fsp3) is 0.130. The van der Waals surface area contributed by atoms with Crippen LogP contribution in [-0.2, 0) is 5.75 Å². The first-order valence-corrected chi connectivity index (χ1v) is 10.1. The van der Waals surface area contributed by atoms with Gasteiger partial charge in [0.05, 0.1) is 12.7 Å². The van der Waals surface area contributed by atoms with Gasteiger partial charge in [-0.3, -0.25) is 4.57 Å². The van der Waals surface area contributed by atoms with Gasteiger partial charge in [0.2, 0.25) is 0 Å². The van der Waals surface area contributed by atoms with Crippen LogP contribution in [0.5, 0.6) is 5.75 Å². The molecule has 5 heteroatoms. The number of benzene rings is 3. The molecule has 0 bridgehead atoms. The monoisotopic (exact) mass is 387 g/mol. The third-order valence-corrected chi connectivity index (χ3v) is 5.48. The molecule has 0 spiro atoms. The van der Waals surface area contributed by atoms with E-state index < -0.39 is 0 Å². The van der Waals surface area contributed by atoms with Crippen molar-refractivity contribution in [2.75, 3.05) is 7.11 Å². The van der Waals surface area contributed by atoms with Crippen LogP contribution < -0.4 is 4.74 Å². The van der Waals surface area contributed by atoms with Crippen LogP contribution in [0.2, 0.25) is 0 Å². The summed E-state index contributed by atoms with van der Waals surface area (Å²) in [4.78, 5) is 0. The van der Waals surface area contributed by atoms with E-state index >= 15 is 0 Å². The Labute approximate surface area is 169 Å². The molecule has 0 fully saturated rings. The van der Waals surface area contributed by atoms with Gasteiger partial charge < -0.3 is 4.74 Å². The maximum atomic E-state index is 5.56. The SMILES string of the molecule is COc1ccccc1-c1nnc(SCc2ccccc2)n1-c1ccc(C)cc1. The number of aryl methyl sites for hydroxylation is 1. The number of rotatable bonds is 6. The van der Waals surface area contributed by atoms with Crippen LogP contribution in [0.1, 0.15) is 11.1 Å². The molecule has 1 heterocycles. The van der Waals surface area contributed by atoms with Gasteiger partial charge in [0.1, 0.15) is 5.75 Å². The number of ether oxygens (including phenoxy) is 1. The first-order valence-electron chi connectivity index (χ1n) is 9.09. The third-order valence-electron chi connectivity index (χ3n) is 4.48. The molecule has 0 aliphatic rings. The Hall–Kier alpha value is -3.05. The van der Waals surface area contributed by atoms with Crippen LogP contribution >= 0.6 is 11.8 Å². The number of aromatic nitrogens is 3. The van der Waals surface area contributed by atoms with Gasteiger partial charge in [0, 0.05) is 11.4 Å². The molecule has 0 saturated heterocycles. The predicted molar refractivity (Wildman–Crippen MR) is 114 cm³/mol. The van der Waals surface area contributed by atoms with Crippen LogP contribution in [0.15, 0.2) is 84.0 Å². The Morgan fingerprint density at radius 1 is 0.857 bits per heavy atom. The first kappa shape index (κ1) is 18.3. The number of hydrogen-bond acceptors (Lipinski definition) is 4. The maximum absolute atomic E-state index is 5.56. The average molecular weight is 388 g/mol. The van der Waals surface area contributed by atoms with Crippen LogP contribution in [-0.4, -0.2) is 21.9 Å². The van der Waals surface area contributed by atoms with Crippen molar-refractivity contribution in [3.8, 4) is 22.8 Å². The molecule has 0 aliphatic heterocycles. The number of methoxy groups -OCH3 is 1. The van der Waals surface area contributed by atoms with E-state index in [1.807, 2.05) is 30.3 Å². The lowest BCUT2D eigenvalue weighted by molar-refractivity contribution is 0.416. The zero-order chi connectivity index (χ0) is 19.3. The van der Waals surface area contributed by atoms with Crippen LogP contribution in [0.3, 0.4) is 0 Å². The topological polar surface area (TPSA) is 39.9 Å². The highest BCUT2D eigenvalue weighted by Gasteiger charge is 2.18. The standard InChI is InChI=1S/C23H21N3OS/c1-17-12-14-19(15-13-17)26-22(20-10-6-7-11-21(20)27-2)24-25-23(26)28-16-18-8-4-3-5-9-18/h3-15H,16H2,1-2H3. The molecule has 0 N–H and O–H groups in total. The van der Waals surface area contributed by atoms with Gasteiger partial charge in [-0.25, -0.2) is 0 Å². The summed E-state index contributed by atoms with van der Waals surface area (Å²) in [6.07, 6.45) is 0. The van der Waals surface area contributed by atoms with Crippen molar-refractivity contribution in [1.29, 1.82) is 0 Å². The summed E-state index contributed by atoms with van der Waals surface area (Å²) in [6.45, 7) is 2.09. The van der Waals surface area contributed by atoms with Gasteiger partial charge in [0.15, 0.2) is 11.0 Å². The van der Waals surface area contributed by atoms with E-state index in [1.54, 1.807) is 18.9 Å². The van der Waals surface area contributed by atoms with Crippen molar-refractivity contribution in [1.82, 2.24) is 14.8 Å². The molecule has 0 unspecified atom stereocenters. The minimum atomic E-state index is 0.775. The highest BCUT2D eigenvalue weighted by atomic mass is 32.2. The molecule has 0 radical (unpaired) electrons.